The number of aliphatic hydroxyl groups is 1. The number of hydrogen-bond acceptors (Lipinski definition) is 3. The minimum atomic E-state index is 0.0127. The minimum absolute atomic E-state index is 0.0127. The first kappa shape index (κ1) is 12.5. The van der Waals surface area contributed by atoms with Crippen LogP contribution >= 0.6 is 0 Å². The normalized spacial score (nSPS) is 10.4. The standard InChI is InChI=1S/C14H18N2O2/c1-10-7-13(14(9-17)16-10)15-8-11-3-5-12(18-2)6-4-11/h3-7,15-17H,8-9H2,1-2H3. The van der Waals surface area contributed by atoms with Crippen molar-refractivity contribution < 1.29 is 9.84 Å². The molecule has 0 aliphatic rings. The molecule has 0 unspecified atom stereocenters. The van der Waals surface area contributed by atoms with Crippen LogP contribution in [0.15, 0.2) is 30.3 Å². The minimum Gasteiger partial charge on any atom is -0.497 e. The first-order valence-electron chi connectivity index (χ1n) is 5.89. The van der Waals surface area contributed by atoms with Crippen LogP contribution in [0.25, 0.3) is 0 Å². The molecule has 0 saturated heterocycles. The number of benzene rings is 1. The Morgan fingerprint density at radius 3 is 2.61 bits per heavy atom. The number of rotatable bonds is 5. The van der Waals surface area contributed by atoms with Crippen LogP contribution in [0, 0.1) is 6.92 Å². The van der Waals surface area contributed by atoms with Gasteiger partial charge in [-0.1, -0.05) is 12.1 Å². The first-order chi connectivity index (χ1) is 8.72. The van der Waals surface area contributed by atoms with Crippen molar-refractivity contribution in [1.29, 1.82) is 0 Å². The summed E-state index contributed by atoms with van der Waals surface area (Å²) < 4.78 is 5.11. The van der Waals surface area contributed by atoms with E-state index in [9.17, 15) is 5.11 Å². The van der Waals surface area contributed by atoms with E-state index in [0.29, 0.717) is 6.54 Å². The molecule has 0 amide bonds. The number of aliphatic hydroxyl groups excluding tert-OH is 1. The summed E-state index contributed by atoms with van der Waals surface area (Å²) in [5.74, 6) is 0.854. The van der Waals surface area contributed by atoms with Crippen LogP contribution in [0.4, 0.5) is 5.69 Å². The molecule has 0 bridgehead atoms. The van der Waals surface area contributed by atoms with Crippen LogP contribution in [0.5, 0.6) is 5.75 Å². The van der Waals surface area contributed by atoms with Gasteiger partial charge in [-0.3, -0.25) is 0 Å². The lowest BCUT2D eigenvalue weighted by Crippen LogP contribution is -2.01. The first-order valence-corrected chi connectivity index (χ1v) is 5.89. The molecule has 1 aromatic carbocycles. The van der Waals surface area contributed by atoms with Crippen molar-refractivity contribution >= 4 is 5.69 Å². The number of aromatic nitrogens is 1. The van der Waals surface area contributed by atoms with Gasteiger partial charge in [0.1, 0.15) is 5.75 Å². The van der Waals surface area contributed by atoms with Crippen LogP contribution in [-0.2, 0) is 13.2 Å². The maximum atomic E-state index is 9.21. The van der Waals surface area contributed by atoms with Gasteiger partial charge in [0, 0.05) is 12.2 Å². The van der Waals surface area contributed by atoms with Gasteiger partial charge >= 0.3 is 0 Å². The fourth-order valence-electron chi connectivity index (χ4n) is 1.87. The zero-order valence-corrected chi connectivity index (χ0v) is 10.7. The summed E-state index contributed by atoms with van der Waals surface area (Å²) in [5, 5.41) is 12.5. The summed E-state index contributed by atoms with van der Waals surface area (Å²) in [6.45, 7) is 2.70. The molecular formula is C14H18N2O2. The van der Waals surface area contributed by atoms with Crippen molar-refractivity contribution in [3.63, 3.8) is 0 Å². The average molecular weight is 246 g/mol. The van der Waals surface area contributed by atoms with Gasteiger partial charge in [0.15, 0.2) is 0 Å². The van der Waals surface area contributed by atoms with Gasteiger partial charge in [0.25, 0.3) is 0 Å². The molecular weight excluding hydrogens is 228 g/mol. The van der Waals surface area contributed by atoms with Crippen LogP contribution in [0.1, 0.15) is 17.0 Å². The number of H-pyrrole nitrogens is 1. The van der Waals surface area contributed by atoms with Crippen LogP contribution < -0.4 is 10.1 Å². The van der Waals surface area contributed by atoms with Gasteiger partial charge in [-0.15, -0.1) is 0 Å². The Morgan fingerprint density at radius 2 is 2.00 bits per heavy atom. The van der Waals surface area contributed by atoms with E-state index in [1.54, 1.807) is 7.11 Å². The van der Waals surface area contributed by atoms with E-state index in [1.807, 2.05) is 37.3 Å². The third-order valence-corrected chi connectivity index (χ3v) is 2.83. The van der Waals surface area contributed by atoms with E-state index in [4.69, 9.17) is 4.74 Å². The second kappa shape index (κ2) is 5.60. The van der Waals surface area contributed by atoms with E-state index in [1.165, 1.54) is 5.56 Å². The molecule has 2 aromatic rings. The molecule has 4 heteroatoms. The third-order valence-electron chi connectivity index (χ3n) is 2.83. The fraction of sp³-hybridized carbons (Fsp3) is 0.286. The molecule has 2 rings (SSSR count). The number of aromatic amines is 1. The van der Waals surface area contributed by atoms with Crippen LogP contribution in [0.2, 0.25) is 0 Å². The Labute approximate surface area is 107 Å². The Morgan fingerprint density at radius 1 is 1.28 bits per heavy atom. The van der Waals surface area contributed by atoms with Crippen molar-refractivity contribution in [3.05, 3.63) is 47.3 Å². The van der Waals surface area contributed by atoms with Crippen molar-refractivity contribution in [2.45, 2.75) is 20.1 Å². The number of nitrogens with one attached hydrogen (secondary N) is 2. The Bertz CT molecular complexity index is 503. The van der Waals surface area contributed by atoms with Gasteiger partial charge in [0.05, 0.1) is 25.1 Å². The lowest BCUT2D eigenvalue weighted by Gasteiger charge is -2.07. The molecule has 0 saturated carbocycles. The highest BCUT2D eigenvalue weighted by molar-refractivity contribution is 5.50. The molecule has 1 aromatic heterocycles. The lowest BCUT2D eigenvalue weighted by molar-refractivity contribution is 0.278. The van der Waals surface area contributed by atoms with E-state index in [2.05, 4.69) is 10.3 Å². The quantitative estimate of drug-likeness (QED) is 0.759. The summed E-state index contributed by atoms with van der Waals surface area (Å²) in [7, 11) is 1.66. The summed E-state index contributed by atoms with van der Waals surface area (Å²) in [5.41, 5.74) is 3.97. The number of methoxy groups -OCH3 is 1. The highest BCUT2D eigenvalue weighted by Gasteiger charge is 2.04. The van der Waals surface area contributed by atoms with E-state index < -0.39 is 0 Å². The number of aryl methyl sites for hydroxylation is 1. The summed E-state index contributed by atoms with van der Waals surface area (Å²) in [4.78, 5) is 3.12. The topological polar surface area (TPSA) is 57.3 Å². The second-order valence-electron chi connectivity index (χ2n) is 4.20. The maximum absolute atomic E-state index is 9.21. The van der Waals surface area contributed by atoms with Crippen molar-refractivity contribution in [1.82, 2.24) is 4.98 Å². The highest BCUT2D eigenvalue weighted by Crippen LogP contribution is 2.18. The van der Waals surface area contributed by atoms with Crippen LogP contribution in [0.3, 0.4) is 0 Å². The van der Waals surface area contributed by atoms with Crippen LogP contribution in [-0.4, -0.2) is 17.2 Å². The zero-order valence-electron chi connectivity index (χ0n) is 10.7. The smallest absolute Gasteiger partial charge is 0.118 e. The molecule has 96 valence electrons. The van der Waals surface area contributed by atoms with E-state index in [0.717, 1.165) is 22.8 Å². The Hall–Kier alpha value is -1.94. The van der Waals surface area contributed by atoms with Gasteiger partial charge in [-0.2, -0.15) is 0 Å². The second-order valence-corrected chi connectivity index (χ2v) is 4.20. The molecule has 0 fully saturated rings. The van der Waals surface area contributed by atoms with Gasteiger partial charge < -0.3 is 20.1 Å². The average Bonchev–Trinajstić information content (AvgIpc) is 2.77. The number of ether oxygens (including phenoxy) is 1. The summed E-state index contributed by atoms with van der Waals surface area (Å²) >= 11 is 0. The Kier molecular flexibility index (Phi) is 3.89. The van der Waals surface area contributed by atoms with Gasteiger partial charge in [-0.25, -0.2) is 0 Å². The zero-order chi connectivity index (χ0) is 13.0. The van der Waals surface area contributed by atoms with Crippen molar-refractivity contribution in [3.8, 4) is 5.75 Å². The predicted molar refractivity (Wildman–Crippen MR) is 71.8 cm³/mol. The molecule has 0 aliphatic heterocycles. The fourth-order valence-corrected chi connectivity index (χ4v) is 1.87. The van der Waals surface area contributed by atoms with Crippen molar-refractivity contribution in [2.75, 3.05) is 12.4 Å². The molecule has 0 spiro atoms. The van der Waals surface area contributed by atoms with E-state index in [-0.39, 0.29) is 6.61 Å². The number of anilines is 1. The van der Waals surface area contributed by atoms with Gasteiger partial charge in [0.2, 0.25) is 0 Å². The molecule has 0 atom stereocenters. The molecule has 0 radical (unpaired) electrons. The highest BCUT2D eigenvalue weighted by atomic mass is 16.5. The predicted octanol–water partition coefficient (Wildman–Crippen LogP) is 2.44. The largest absolute Gasteiger partial charge is 0.497 e. The monoisotopic (exact) mass is 246 g/mol. The Balaban J connectivity index is 2.01. The molecule has 1 heterocycles. The SMILES string of the molecule is COc1ccc(CNc2cc(C)[nH]c2CO)cc1. The molecule has 4 nitrogen and oxygen atoms in total. The van der Waals surface area contributed by atoms with E-state index >= 15 is 0 Å². The number of hydrogen-bond donors (Lipinski definition) is 3. The molecule has 0 aliphatic carbocycles. The maximum Gasteiger partial charge on any atom is 0.118 e. The molecule has 18 heavy (non-hydrogen) atoms. The third kappa shape index (κ3) is 2.84. The van der Waals surface area contributed by atoms with Crippen molar-refractivity contribution in [2.24, 2.45) is 0 Å². The van der Waals surface area contributed by atoms with Gasteiger partial charge in [-0.05, 0) is 30.7 Å². The lowest BCUT2D eigenvalue weighted by atomic mass is 10.2. The molecule has 3 N–H and O–H groups in total. The summed E-state index contributed by atoms with van der Waals surface area (Å²) in [6.07, 6.45) is 0. The summed E-state index contributed by atoms with van der Waals surface area (Å²) in [6, 6.07) is 9.90.